The summed E-state index contributed by atoms with van der Waals surface area (Å²) in [7, 11) is 1.30. The van der Waals surface area contributed by atoms with E-state index in [9.17, 15) is 14.4 Å². The van der Waals surface area contributed by atoms with Gasteiger partial charge < -0.3 is 29.2 Å². The van der Waals surface area contributed by atoms with E-state index in [1.165, 1.54) is 18.4 Å². The van der Waals surface area contributed by atoms with Gasteiger partial charge in [0.1, 0.15) is 11.2 Å². The lowest BCUT2D eigenvalue weighted by Gasteiger charge is -2.34. The van der Waals surface area contributed by atoms with Crippen molar-refractivity contribution in [2.24, 2.45) is 0 Å². The molecule has 1 saturated heterocycles. The Labute approximate surface area is 242 Å². The Morgan fingerprint density at radius 2 is 1.69 bits per heavy atom. The maximum atomic E-state index is 12.5. The van der Waals surface area contributed by atoms with Gasteiger partial charge in [0.25, 0.3) is 0 Å². The molecule has 2 aromatic rings. The van der Waals surface area contributed by atoms with Gasteiger partial charge in [-0.3, -0.25) is 0 Å². The summed E-state index contributed by atoms with van der Waals surface area (Å²) in [6, 6.07) is 8.04. The molecule has 1 aromatic carbocycles. The predicted molar refractivity (Wildman–Crippen MR) is 155 cm³/mol. The van der Waals surface area contributed by atoms with Crippen LogP contribution >= 0.6 is 27.3 Å². The summed E-state index contributed by atoms with van der Waals surface area (Å²) >= 11 is 4.78. The minimum absolute atomic E-state index is 0.198. The Kier molecular flexibility index (Phi) is 9.93. The van der Waals surface area contributed by atoms with Crippen molar-refractivity contribution in [2.75, 3.05) is 32.1 Å². The zero-order valence-corrected chi connectivity index (χ0v) is 25.9. The van der Waals surface area contributed by atoms with Crippen LogP contribution in [0.15, 0.2) is 28.7 Å². The number of amides is 1. The average molecular weight is 626 g/mol. The number of piperidine rings is 1. The highest BCUT2D eigenvalue weighted by Crippen LogP contribution is 2.46. The first-order valence-electron chi connectivity index (χ1n) is 12.8. The summed E-state index contributed by atoms with van der Waals surface area (Å²) < 4.78 is 22.1. The molecule has 2 heterocycles. The normalized spacial score (nSPS) is 14.5. The molecule has 0 spiro atoms. The zero-order valence-electron chi connectivity index (χ0n) is 23.5. The van der Waals surface area contributed by atoms with Gasteiger partial charge in [0.05, 0.1) is 16.5 Å². The number of anilines is 1. The van der Waals surface area contributed by atoms with Crippen molar-refractivity contribution >= 4 is 51.0 Å². The molecule has 0 aliphatic carbocycles. The van der Waals surface area contributed by atoms with E-state index in [-0.39, 0.29) is 29.4 Å². The number of rotatable bonds is 7. The Hall–Kier alpha value is -2.79. The first kappa shape index (κ1) is 30.7. The van der Waals surface area contributed by atoms with Crippen LogP contribution in [-0.4, -0.2) is 67.0 Å². The molecule has 3 rings (SSSR count). The van der Waals surface area contributed by atoms with Crippen LogP contribution in [0.5, 0.6) is 5.75 Å². The number of nitrogens with zero attached hydrogens (tertiary/aromatic N) is 1. The Morgan fingerprint density at radius 1 is 1.05 bits per heavy atom. The Morgan fingerprint density at radius 3 is 2.28 bits per heavy atom. The van der Waals surface area contributed by atoms with Gasteiger partial charge in [0.2, 0.25) is 0 Å². The lowest BCUT2D eigenvalue weighted by molar-refractivity contribution is -0.157. The van der Waals surface area contributed by atoms with E-state index < -0.39 is 23.1 Å². The number of benzene rings is 1. The number of carbonyl (C=O) groups is 3. The van der Waals surface area contributed by atoms with Crippen LogP contribution in [0, 0.1) is 0 Å². The highest BCUT2D eigenvalue weighted by atomic mass is 79.9. The lowest BCUT2D eigenvalue weighted by Crippen LogP contribution is -2.44. The molecule has 39 heavy (non-hydrogen) atoms. The molecule has 0 atom stereocenters. The molecule has 1 amide bonds. The second-order valence-corrected chi connectivity index (χ2v) is 13.1. The number of esters is 2. The molecule has 0 bridgehead atoms. The largest absolute Gasteiger partial charge is 0.479 e. The molecule has 0 saturated carbocycles. The van der Waals surface area contributed by atoms with Gasteiger partial charge in [-0.05, 0) is 88.0 Å². The van der Waals surface area contributed by atoms with E-state index >= 15 is 0 Å². The third-order valence-electron chi connectivity index (χ3n) is 5.58. The summed E-state index contributed by atoms with van der Waals surface area (Å²) in [5.41, 5.74) is 0.610. The molecular formula is C28H37BrN2O7S. The molecule has 214 valence electrons. The highest BCUT2D eigenvalue weighted by Gasteiger charge is 2.28. The molecule has 11 heteroatoms. The number of ether oxygens (including phenoxy) is 4. The number of halogens is 1. The van der Waals surface area contributed by atoms with E-state index in [0.717, 1.165) is 29.0 Å². The zero-order chi connectivity index (χ0) is 29.0. The standard InChI is InChI=1S/C28H37BrN2O7S/c1-27(2,3)37-20(32)16-36-22-21(29)23(39-24(22)25(33)35-7)17-9-8-10-19(15-17)30-18-11-13-31(14-12-18)26(34)38-28(4,5)6/h8-10,15,18,30H,11-14,16H2,1-7H3. The van der Waals surface area contributed by atoms with Crippen LogP contribution in [-0.2, 0) is 19.0 Å². The maximum absolute atomic E-state index is 12.5. The SMILES string of the molecule is COC(=O)c1sc(-c2cccc(NC3CCN(C(=O)OC(C)(C)C)CC3)c2)c(Br)c1OCC(=O)OC(C)(C)C. The van der Waals surface area contributed by atoms with Crippen LogP contribution in [0.4, 0.5) is 10.5 Å². The number of likely N-dealkylation sites (tertiary alicyclic amines) is 1. The number of carbonyl (C=O) groups excluding carboxylic acids is 3. The third-order valence-corrected chi connectivity index (χ3v) is 7.80. The van der Waals surface area contributed by atoms with E-state index in [4.69, 9.17) is 18.9 Å². The molecule has 0 unspecified atom stereocenters. The number of methoxy groups -OCH3 is 1. The Balaban J connectivity index is 1.72. The first-order chi connectivity index (χ1) is 18.2. The van der Waals surface area contributed by atoms with Crippen molar-refractivity contribution < 1.29 is 33.3 Å². The van der Waals surface area contributed by atoms with Crippen molar-refractivity contribution in [1.29, 1.82) is 0 Å². The van der Waals surface area contributed by atoms with Crippen LogP contribution in [0.1, 0.15) is 64.1 Å². The minimum Gasteiger partial charge on any atom is -0.479 e. The molecule has 1 fully saturated rings. The second kappa shape index (κ2) is 12.6. The quantitative estimate of drug-likeness (QED) is 0.275. The monoisotopic (exact) mass is 624 g/mol. The van der Waals surface area contributed by atoms with E-state index in [1.807, 2.05) is 45.0 Å². The van der Waals surface area contributed by atoms with Crippen molar-refractivity contribution in [3.8, 4) is 16.2 Å². The maximum Gasteiger partial charge on any atom is 0.410 e. The molecule has 9 nitrogen and oxygen atoms in total. The Bertz CT molecular complexity index is 1190. The third kappa shape index (κ3) is 8.86. The van der Waals surface area contributed by atoms with E-state index in [2.05, 4.69) is 21.2 Å². The summed E-state index contributed by atoms with van der Waals surface area (Å²) in [5.74, 6) is -0.861. The van der Waals surface area contributed by atoms with Crippen molar-refractivity contribution in [3.05, 3.63) is 33.6 Å². The topological polar surface area (TPSA) is 103 Å². The van der Waals surface area contributed by atoms with Gasteiger partial charge >= 0.3 is 18.0 Å². The fourth-order valence-electron chi connectivity index (χ4n) is 3.96. The van der Waals surface area contributed by atoms with Crippen LogP contribution in [0.25, 0.3) is 10.4 Å². The van der Waals surface area contributed by atoms with Crippen molar-refractivity contribution in [1.82, 2.24) is 4.90 Å². The van der Waals surface area contributed by atoms with Gasteiger partial charge in [-0.1, -0.05) is 12.1 Å². The number of nitrogens with one attached hydrogen (secondary N) is 1. The number of hydrogen-bond acceptors (Lipinski definition) is 9. The number of hydrogen-bond donors (Lipinski definition) is 1. The summed E-state index contributed by atoms with van der Waals surface area (Å²) in [6.07, 6.45) is 1.31. The van der Waals surface area contributed by atoms with Crippen LogP contribution in [0.2, 0.25) is 0 Å². The molecule has 1 aliphatic rings. The van der Waals surface area contributed by atoms with E-state index in [0.29, 0.717) is 17.6 Å². The summed E-state index contributed by atoms with van der Waals surface area (Å²) in [5, 5.41) is 3.56. The summed E-state index contributed by atoms with van der Waals surface area (Å²) in [6.45, 7) is 11.8. The molecular weight excluding hydrogens is 588 g/mol. The average Bonchev–Trinajstić information content (AvgIpc) is 3.16. The van der Waals surface area contributed by atoms with Gasteiger partial charge in [0.15, 0.2) is 17.2 Å². The molecule has 1 aliphatic heterocycles. The molecule has 1 N–H and O–H groups in total. The smallest absolute Gasteiger partial charge is 0.410 e. The lowest BCUT2D eigenvalue weighted by atomic mass is 10.0. The summed E-state index contributed by atoms with van der Waals surface area (Å²) in [4.78, 5) is 39.8. The van der Waals surface area contributed by atoms with Gasteiger partial charge in [-0.25, -0.2) is 14.4 Å². The predicted octanol–water partition coefficient (Wildman–Crippen LogP) is 6.50. The van der Waals surface area contributed by atoms with E-state index in [1.54, 1.807) is 25.7 Å². The first-order valence-corrected chi connectivity index (χ1v) is 14.4. The molecule has 1 aromatic heterocycles. The fraction of sp³-hybridized carbons (Fsp3) is 0.536. The van der Waals surface area contributed by atoms with Crippen LogP contribution in [0.3, 0.4) is 0 Å². The van der Waals surface area contributed by atoms with Crippen molar-refractivity contribution in [3.63, 3.8) is 0 Å². The second-order valence-electron chi connectivity index (χ2n) is 11.2. The van der Waals surface area contributed by atoms with Gasteiger partial charge in [-0.2, -0.15) is 0 Å². The van der Waals surface area contributed by atoms with Gasteiger partial charge in [-0.15, -0.1) is 11.3 Å². The van der Waals surface area contributed by atoms with Crippen LogP contribution < -0.4 is 10.1 Å². The minimum atomic E-state index is -0.650. The van der Waals surface area contributed by atoms with Crippen molar-refractivity contribution in [2.45, 2.75) is 71.6 Å². The molecule has 0 radical (unpaired) electrons. The number of thiophene rings is 1. The van der Waals surface area contributed by atoms with Gasteiger partial charge in [0, 0.05) is 24.8 Å². The highest BCUT2D eigenvalue weighted by molar-refractivity contribution is 9.10. The fourth-order valence-corrected chi connectivity index (χ4v) is 5.93.